The number of aryl methyl sites for hydroxylation is 1. The number of hydrogen-bond donors (Lipinski definition) is 0. The summed E-state index contributed by atoms with van der Waals surface area (Å²) in [6.07, 6.45) is 36.5. The minimum atomic E-state index is -0.0909. The van der Waals surface area contributed by atoms with Crippen LogP contribution in [0.25, 0.3) is 0 Å². The van der Waals surface area contributed by atoms with Crippen LogP contribution in [-0.2, 0) is 61.2 Å². The third kappa shape index (κ3) is 17.6. The molecule has 4 saturated carbocycles. The van der Waals surface area contributed by atoms with Gasteiger partial charge in [-0.05, 0) is 121 Å². The molecule has 0 unspecified atom stereocenters. The maximum Gasteiger partial charge on any atom is 1.00 e. The van der Waals surface area contributed by atoms with Crippen LogP contribution < -0.4 is 0 Å². The van der Waals surface area contributed by atoms with Crippen LogP contribution in [-0.4, -0.2) is 46.5 Å². The molecule has 0 bridgehead atoms. The number of hydrogen-bond acceptors (Lipinski definition) is 2. The van der Waals surface area contributed by atoms with Gasteiger partial charge >= 0.3 is 19.5 Å². The van der Waals surface area contributed by atoms with Gasteiger partial charge in [0.05, 0.1) is 35.0 Å². The summed E-state index contributed by atoms with van der Waals surface area (Å²) in [5.74, 6) is 2.30. The summed E-state index contributed by atoms with van der Waals surface area (Å²) in [7, 11) is -0.182. The zero-order chi connectivity index (χ0) is 30.7. The Morgan fingerprint density at radius 3 is 1.07 bits per heavy atom. The van der Waals surface area contributed by atoms with E-state index < -0.39 is 0 Å². The Morgan fingerprint density at radius 2 is 0.844 bits per heavy atom. The van der Waals surface area contributed by atoms with Gasteiger partial charge in [-0.1, -0.05) is 75.8 Å². The van der Waals surface area contributed by atoms with Crippen molar-refractivity contribution in [3.05, 3.63) is 35.4 Å². The van der Waals surface area contributed by atoms with E-state index in [-0.39, 0.29) is 51.8 Å². The van der Waals surface area contributed by atoms with Gasteiger partial charge in [0.25, 0.3) is 0 Å². The maximum absolute atomic E-state index is 4.58. The molecule has 45 heavy (non-hydrogen) atoms. The van der Waals surface area contributed by atoms with Crippen molar-refractivity contribution in [1.29, 1.82) is 0 Å². The van der Waals surface area contributed by atoms with Gasteiger partial charge in [0.1, 0.15) is 0 Å². The van der Waals surface area contributed by atoms with E-state index in [4.69, 9.17) is 0 Å². The Hall–Kier alpha value is 1.90. The predicted octanol–water partition coefficient (Wildman–Crippen LogP) is 12.3. The average Bonchev–Trinajstić information content (AvgIpc) is 3.06. The van der Waals surface area contributed by atoms with E-state index in [1.54, 1.807) is 141 Å². The van der Waals surface area contributed by atoms with Crippen LogP contribution in [0.1, 0.15) is 166 Å². The van der Waals surface area contributed by atoms with Crippen LogP contribution >= 0.6 is 15.8 Å². The normalized spacial score (nSPS) is 20.4. The van der Waals surface area contributed by atoms with Crippen LogP contribution in [0.2, 0.25) is 0 Å². The smallest absolute Gasteiger partial charge is 0.793 e. The first kappa shape index (κ1) is 44.9. The number of benzene rings is 1. The molecule has 0 atom stereocenters. The van der Waals surface area contributed by atoms with Crippen LogP contribution in [0.3, 0.4) is 0 Å². The first-order valence-electron chi connectivity index (χ1n) is 19.0. The van der Waals surface area contributed by atoms with Crippen molar-refractivity contribution in [2.75, 3.05) is 23.8 Å². The summed E-state index contributed by atoms with van der Waals surface area (Å²) < 4.78 is 0. The number of rotatable bonds is 10. The molecular weight excluding hydrogens is 754 g/mol. The van der Waals surface area contributed by atoms with E-state index in [0.29, 0.717) is 5.92 Å². The SMILES string of the molecule is C1CCC([PH+](CC[PH+](C2CCCCC2)C2CCCCC2)C2CCCCC2)CC1.Cc1ccc(C(C)C)cc1.[Ni].[Ru+].[S-]CCC[S-]. The van der Waals surface area contributed by atoms with E-state index in [1.165, 1.54) is 33.8 Å². The third-order valence-corrected chi connectivity index (χ3v) is 20.5. The van der Waals surface area contributed by atoms with E-state index >= 15 is 0 Å². The minimum Gasteiger partial charge on any atom is -0.793 e. The summed E-state index contributed by atoms with van der Waals surface area (Å²) in [5.41, 5.74) is 7.66. The molecule has 6 heteroatoms. The van der Waals surface area contributed by atoms with Gasteiger partial charge in [-0.2, -0.15) is 11.5 Å². The third-order valence-electron chi connectivity index (χ3n) is 11.3. The second-order valence-electron chi connectivity index (χ2n) is 14.8. The van der Waals surface area contributed by atoms with Gasteiger partial charge in [-0.15, -0.1) is 0 Å². The van der Waals surface area contributed by atoms with Crippen LogP contribution in [0, 0.1) is 6.92 Å². The molecule has 4 aliphatic carbocycles. The van der Waals surface area contributed by atoms with E-state index in [0.717, 1.165) is 17.9 Å². The Bertz CT molecular complexity index is 724. The molecule has 0 saturated heterocycles. The van der Waals surface area contributed by atoms with E-state index in [2.05, 4.69) is 70.3 Å². The molecule has 0 N–H and O–H groups in total. The molecule has 1 radical (unpaired) electrons. The van der Waals surface area contributed by atoms with Crippen molar-refractivity contribution in [3.63, 3.8) is 0 Å². The van der Waals surface area contributed by atoms with Gasteiger partial charge in [0.2, 0.25) is 0 Å². The standard InChI is InChI=1S/C26H48P2.C10H14.C3H8S2.Ni.Ru/c1-5-13-23(14-6-1)27(24-15-7-2-8-16-24)21-22-28(25-17-9-3-10-18-25)26-19-11-4-12-20-26;1-8(2)10-6-4-9(3)5-7-10;4-2-1-3-5;;/h23-26H,1-22H2;4-8H,1-3H3;4-5H,1-3H2;;/q;;;;+1. The molecule has 0 amide bonds. The van der Waals surface area contributed by atoms with Crippen molar-refractivity contribution < 1.29 is 36.0 Å². The molecule has 0 aromatic heterocycles. The molecule has 5 rings (SSSR count). The Labute approximate surface area is 318 Å². The zero-order valence-corrected chi connectivity index (χ0v) is 35.7. The minimum absolute atomic E-state index is 0. The van der Waals surface area contributed by atoms with Crippen molar-refractivity contribution in [3.8, 4) is 0 Å². The van der Waals surface area contributed by atoms with Gasteiger partial charge in [0, 0.05) is 32.3 Å². The van der Waals surface area contributed by atoms with Gasteiger partial charge in [-0.3, -0.25) is 0 Å². The fourth-order valence-electron chi connectivity index (χ4n) is 8.68. The van der Waals surface area contributed by atoms with Gasteiger partial charge in [-0.25, -0.2) is 0 Å². The molecule has 0 aliphatic heterocycles. The summed E-state index contributed by atoms with van der Waals surface area (Å²) in [6, 6.07) is 8.71. The summed E-state index contributed by atoms with van der Waals surface area (Å²) in [4.78, 5) is 0. The Kier molecular flexibility index (Phi) is 27.5. The van der Waals surface area contributed by atoms with Gasteiger partial charge < -0.3 is 25.3 Å². The summed E-state index contributed by atoms with van der Waals surface area (Å²) >= 11 is 9.17. The fraction of sp³-hybridized carbons (Fsp3) is 0.846. The van der Waals surface area contributed by atoms with E-state index in [9.17, 15) is 0 Å². The van der Waals surface area contributed by atoms with Crippen molar-refractivity contribution in [2.45, 2.75) is 184 Å². The first-order valence-corrected chi connectivity index (χ1v) is 23.8. The molecule has 265 valence electrons. The summed E-state index contributed by atoms with van der Waals surface area (Å²) in [5, 5.41) is 0. The Morgan fingerprint density at radius 1 is 0.556 bits per heavy atom. The molecule has 0 heterocycles. The quantitative estimate of drug-likeness (QED) is 0.131. The van der Waals surface area contributed by atoms with Crippen molar-refractivity contribution >= 4 is 41.1 Å². The fourth-order valence-corrected chi connectivity index (χ4v) is 19.0. The van der Waals surface area contributed by atoms with Crippen molar-refractivity contribution in [2.24, 2.45) is 0 Å². The van der Waals surface area contributed by atoms with E-state index in [1.807, 2.05) is 0 Å². The van der Waals surface area contributed by atoms with Crippen LogP contribution in [0.15, 0.2) is 24.3 Å². The Balaban J connectivity index is 0.000000497. The molecule has 0 nitrogen and oxygen atoms in total. The molecule has 0 spiro atoms. The second kappa shape index (κ2) is 27.6. The maximum atomic E-state index is 4.58. The monoisotopic (exact) mass is 824 g/mol. The summed E-state index contributed by atoms with van der Waals surface area (Å²) in [6.45, 7) is 6.54. The predicted molar refractivity (Wildman–Crippen MR) is 208 cm³/mol. The van der Waals surface area contributed by atoms with Crippen LogP contribution in [0.5, 0.6) is 0 Å². The molecule has 4 fully saturated rings. The van der Waals surface area contributed by atoms with Gasteiger partial charge in [0.15, 0.2) is 0 Å². The largest absolute Gasteiger partial charge is 1.00 e. The second-order valence-corrected chi connectivity index (χ2v) is 22.2. The van der Waals surface area contributed by atoms with Crippen molar-refractivity contribution in [1.82, 2.24) is 0 Å². The zero-order valence-electron chi connectivity index (χ0n) is 29.4. The molecular formula is C39H70NiP2RuS2+. The first-order chi connectivity index (χ1) is 21.0. The molecule has 1 aromatic carbocycles. The molecule has 4 aliphatic rings. The topological polar surface area (TPSA) is 0 Å². The van der Waals surface area contributed by atoms with Crippen LogP contribution in [0.4, 0.5) is 0 Å². The average molecular weight is 825 g/mol. The molecule has 1 aromatic rings.